The zero-order valence-electron chi connectivity index (χ0n) is 20.2. The molecule has 37 heavy (non-hydrogen) atoms. The fourth-order valence-electron chi connectivity index (χ4n) is 4.97. The van der Waals surface area contributed by atoms with Crippen molar-refractivity contribution in [2.45, 2.75) is 13.3 Å². The lowest BCUT2D eigenvalue weighted by Crippen LogP contribution is -2.34. The Kier molecular flexibility index (Phi) is 5.56. The number of carbonyl (C=O) groups excluding carboxylic acids is 3. The molecule has 0 fully saturated rings. The van der Waals surface area contributed by atoms with E-state index in [1.807, 2.05) is 25.3 Å². The Bertz CT molecular complexity index is 1590. The van der Waals surface area contributed by atoms with Crippen LogP contribution in [-0.4, -0.2) is 52.3 Å². The molecule has 0 atom stereocenters. The molecule has 2 aliphatic rings. The minimum atomic E-state index is -0.437. The van der Waals surface area contributed by atoms with Gasteiger partial charge in [0.1, 0.15) is 11.4 Å². The van der Waals surface area contributed by atoms with Gasteiger partial charge in [0, 0.05) is 42.0 Å². The summed E-state index contributed by atoms with van der Waals surface area (Å²) in [6.45, 7) is 3.43. The average Bonchev–Trinajstić information content (AvgIpc) is 3.47. The predicted molar refractivity (Wildman–Crippen MR) is 140 cm³/mol. The zero-order chi connectivity index (χ0) is 25.5. The Morgan fingerprint density at radius 1 is 1.03 bits per heavy atom. The van der Waals surface area contributed by atoms with Crippen molar-refractivity contribution in [3.63, 3.8) is 0 Å². The quantitative estimate of drug-likeness (QED) is 0.408. The van der Waals surface area contributed by atoms with Crippen LogP contribution >= 0.6 is 0 Å². The van der Waals surface area contributed by atoms with Crippen molar-refractivity contribution in [2.75, 3.05) is 24.6 Å². The number of aromatic nitrogens is 2. The highest BCUT2D eigenvalue weighted by Crippen LogP contribution is 2.32. The molecule has 184 valence electrons. The van der Waals surface area contributed by atoms with Gasteiger partial charge in [0.2, 0.25) is 0 Å². The van der Waals surface area contributed by atoms with Gasteiger partial charge in [0.05, 0.1) is 23.4 Å². The number of ether oxygens (including phenoxy) is 1. The third-order valence-electron chi connectivity index (χ3n) is 6.83. The molecule has 0 radical (unpaired) electrons. The molecule has 0 saturated heterocycles. The summed E-state index contributed by atoms with van der Waals surface area (Å²) in [5.41, 5.74) is 4.50. The molecule has 8 heteroatoms. The number of amides is 3. The van der Waals surface area contributed by atoms with E-state index in [1.54, 1.807) is 47.5 Å². The van der Waals surface area contributed by atoms with Gasteiger partial charge in [-0.3, -0.25) is 14.4 Å². The first kappa shape index (κ1) is 22.7. The van der Waals surface area contributed by atoms with Crippen molar-refractivity contribution < 1.29 is 19.1 Å². The van der Waals surface area contributed by atoms with Crippen LogP contribution in [0.1, 0.15) is 50.0 Å². The number of H-pyrrole nitrogens is 1. The van der Waals surface area contributed by atoms with Gasteiger partial charge in [-0.05, 0) is 73.5 Å². The van der Waals surface area contributed by atoms with E-state index in [-0.39, 0.29) is 11.5 Å². The maximum atomic E-state index is 13.3. The van der Waals surface area contributed by atoms with Crippen LogP contribution in [0.4, 0.5) is 5.69 Å². The number of hydrogen-bond donors (Lipinski definition) is 1. The van der Waals surface area contributed by atoms with E-state index < -0.39 is 11.8 Å². The summed E-state index contributed by atoms with van der Waals surface area (Å²) < 4.78 is 5.45. The lowest BCUT2D eigenvalue weighted by molar-refractivity contribution is 0.0772. The average molecular weight is 493 g/mol. The second kappa shape index (κ2) is 9.05. The first-order chi connectivity index (χ1) is 18.0. The molecule has 8 nitrogen and oxygen atoms in total. The number of anilines is 1. The number of rotatable bonds is 5. The Hall–Kier alpha value is -4.72. The van der Waals surface area contributed by atoms with Crippen molar-refractivity contribution in [3.8, 4) is 5.75 Å². The van der Waals surface area contributed by atoms with Crippen molar-refractivity contribution in [1.82, 2.24) is 14.9 Å². The number of imide groups is 1. The minimum Gasteiger partial charge on any atom is -0.494 e. The molecule has 2 aromatic carbocycles. The molecule has 2 aromatic heterocycles. The molecule has 0 bridgehead atoms. The number of carbonyl (C=O) groups is 3. The highest BCUT2D eigenvalue weighted by molar-refractivity contribution is 6.34. The zero-order valence-corrected chi connectivity index (χ0v) is 20.2. The molecule has 0 spiro atoms. The van der Waals surface area contributed by atoms with Gasteiger partial charge in [-0.15, -0.1) is 0 Å². The summed E-state index contributed by atoms with van der Waals surface area (Å²) in [4.78, 5) is 49.9. The van der Waals surface area contributed by atoms with Gasteiger partial charge >= 0.3 is 0 Å². The van der Waals surface area contributed by atoms with E-state index in [2.05, 4.69) is 16.0 Å². The lowest BCUT2D eigenvalue weighted by atomic mass is 9.98. The Balaban J connectivity index is 1.21. The largest absolute Gasteiger partial charge is 0.494 e. The fraction of sp³-hybridized carbons (Fsp3) is 0.172. The van der Waals surface area contributed by atoms with Crippen LogP contribution in [-0.2, 0) is 0 Å². The minimum absolute atomic E-state index is 0.168. The van der Waals surface area contributed by atoms with Crippen LogP contribution in [0.25, 0.3) is 16.6 Å². The third kappa shape index (κ3) is 3.87. The number of hydrogen-bond acceptors (Lipinski definition) is 5. The van der Waals surface area contributed by atoms with Crippen molar-refractivity contribution in [2.24, 2.45) is 0 Å². The van der Waals surface area contributed by atoms with E-state index in [9.17, 15) is 14.4 Å². The molecule has 3 amide bonds. The van der Waals surface area contributed by atoms with E-state index in [0.29, 0.717) is 48.7 Å². The Morgan fingerprint density at radius 2 is 1.84 bits per heavy atom. The maximum absolute atomic E-state index is 13.3. The van der Waals surface area contributed by atoms with Crippen molar-refractivity contribution in [3.05, 3.63) is 95.3 Å². The summed E-state index contributed by atoms with van der Waals surface area (Å²) in [6, 6.07) is 15.5. The molecule has 4 heterocycles. The SMILES string of the molecule is CCOc1ccc(N2C(=O)c3ccc(C(=O)N4CC=C(c5c[nH]c6ncccc56)CC4)cc3C2=O)cc1. The first-order valence-electron chi connectivity index (χ1n) is 12.2. The van der Waals surface area contributed by atoms with Gasteiger partial charge in [-0.25, -0.2) is 9.88 Å². The summed E-state index contributed by atoms with van der Waals surface area (Å²) in [7, 11) is 0. The van der Waals surface area contributed by atoms with Gasteiger partial charge in [0.15, 0.2) is 0 Å². The molecule has 0 unspecified atom stereocenters. The van der Waals surface area contributed by atoms with Crippen molar-refractivity contribution >= 4 is 40.0 Å². The predicted octanol–water partition coefficient (Wildman–Crippen LogP) is 4.69. The topological polar surface area (TPSA) is 95.6 Å². The van der Waals surface area contributed by atoms with Crippen LogP contribution < -0.4 is 9.64 Å². The molecule has 1 N–H and O–H groups in total. The van der Waals surface area contributed by atoms with Crippen LogP contribution in [0, 0.1) is 0 Å². The maximum Gasteiger partial charge on any atom is 0.266 e. The van der Waals surface area contributed by atoms with Crippen LogP contribution in [0.15, 0.2) is 73.1 Å². The Morgan fingerprint density at radius 3 is 2.59 bits per heavy atom. The summed E-state index contributed by atoms with van der Waals surface area (Å²) in [5.74, 6) is -0.344. The molecular formula is C29H24N4O4. The number of benzene rings is 2. The number of aromatic amines is 1. The second-order valence-electron chi connectivity index (χ2n) is 8.97. The highest BCUT2D eigenvalue weighted by Gasteiger charge is 2.37. The summed E-state index contributed by atoms with van der Waals surface area (Å²) in [5, 5.41) is 1.06. The fourth-order valence-corrected chi connectivity index (χ4v) is 4.97. The van der Waals surface area contributed by atoms with Gasteiger partial charge in [-0.1, -0.05) is 6.08 Å². The molecule has 4 aromatic rings. The second-order valence-corrected chi connectivity index (χ2v) is 8.97. The molecule has 6 rings (SSSR count). The molecular weight excluding hydrogens is 468 g/mol. The number of fused-ring (bicyclic) bond motifs is 2. The molecule has 0 aliphatic carbocycles. The standard InChI is InChI=1S/C29H24N4O4/c1-2-37-21-8-6-20(7-9-21)33-28(35)23-10-5-19(16-24(23)29(33)36)27(34)32-14-11-18(12-15-32)25-17-31-26-22(25)4-3-13-30-26/h3-11,13,16-17H,2,12,14-15H2,1H3,(H,30,31). The Labute approximate surface area is 213 Å². The van der Waals surface area contributed by atoms with Gasteiger partial charge in [0.25, 0.3) is 17.7 Å². The molecule has 0 saturated carbocycles. The number of nitrogens with one attached hydrogen (secondary N) is 1. The van der Waals surface area contributed by atoms with Crippen LogP contribution in [0.2, 0.25) is 0 Å². The lowest BCUT2D eigenvalue weighted by Gasteiger charge is -2.26. The van der Waals surface area contributed by atoms with Gasteiger partial charge < -0.3 is 14.6 Å². The van der Waals surface area contributed by atoms with E-state index in [1.165, 1.54) is 11.6 Å². The monoisotopic (exact) mass is 492 g/mol. The van der Waals surface area contributed by atoms with E-state index in [4.69, 9.17) is 4.74 Å². The summed E-state index contributed by atoms with van der Waals surface area (Å²) in [6.07, 6.45) is 6.49. The smallest absolute Gasteiger partial charge is 0.266 e. The van der Waals surface area contributed by atoms with E-state index >= 15 is 0 Å². The van der Waals surface area contributed by atoms with Gasteiger partial charge in [-0.2, -0.15) is 0 Å². The van der Waals surface area contributed by atoms with Crippen molar-refractivity contribution in [1.29, 1.82) is 0 Å². The van der Waals surface area contributed by atoms with Crippen LogP contribution in [0.5, 0.6) is 5.75 Å². The summed E-state index contributed by atoms with van der Waals surface area (Å²) >= 11 is 0. The highest BCUT2D eigenvalue weighted by atomic mass is 16.5. The number of nitrogens with zero attached hydrogens (tertiary/aromatic N) is 3. The normalized spacial score (nSPS) is 15.2. The molecule has 2 aliphatic heterocycles. The number of pyridine rings is 1. The third-order valence-corrected chi connectivity index (χ3v) is 6.83. The van der Waals surface area contributed by atoms with E-state index in [0.717, 1.165) is 21.5 Å². The first-order valence-corrected chi connectivity index (χ1v) is 12.2. The van der Waals surface area contributed by atoms with Crippen LogP contribution in [0.3, 0.4) is 0 Å².